The molecule has 1 aliphatic heterocycles. The van der Waals surface area contributed by atoms with E-state index in [1.807, 2.05) is 11.3 Å². The molecular formula is C14H22BrN3S2. The fourth-order valence-corrected chi connectivity index (χ4v) is 4.43. The molecule has 0 aliphatic carbocycles. The van der Waals surface area contributed by atoms with E-state index in [4.69, 9.17) is 18.0 Å². The van der Waals surface area contributed by atoms with Crippen LogP contribution in [0.4, 0.5) is 0 Å². The average Bonchev–Trinajstić information content (AvgIpc) is 2.82. The average molecular weight is 376 g/mol. The molecule has 1 fully saturated rings. The molecular weight excluding hydrogens is 354 g/mol. The molecule has 1 saturated heterocycles. The lowest BCUT2D eigenvalue weighted by Gasteiger charge is -2.38. The molecule has 3 nitrogen and oxygen atoms in total. The Kier molecular flexibility index (Phi) is 6.42. The quantitative estimate of drug-likeness (QED) is 0.774. The molecule has 6 heteroatoms. The van der Waals surface area contributed by atoms with Crippen molar-refractivity contribution in [1.29, 1.82) is 0 Å². The zero-order valence-electron chi connectivity index (χ0n) is 11.8. The third kappa shape index (κ3) is 4.49. The monoisotopic (exact) mass is 375 g/mol. The zero-order chi connectivity index (χ0) is 14.5. The summed E-state index contributed by atoms with van der Waals surface area (Å²) >= 11 is 10.6. The molecule has 1 unspecified atom stereocenters. The predicted molar refractivity (Wildman–Crippen MR) is 94.4 cm³/mol. The third-order valence-electron chi connectivity index (χ3n) is 3.74. The van der Waals surface area contributed by atoms with Gasteiger partial charge in [0.1, 0.15) is 0 Å². The van der Waals surface area contributed by atoms with Crippen molar-refractivity contribution in [1.82, 2.24) is 9.80 Å². The van der Waals surface area contributed by atoms with Gasteiger partial charge in [0.05, 0.1) is 11.0 Å². The first kappa shape index (κ1) is 16.4. The number of thiocarbonyl (C=S) groups is 1. The minimum atomic E-state index is 0.285. The fourth-order valence-electron chi connectivity index (χ4n) is 2.67. The second-order valence-electron chi connectivity index (χ2n) is 5.25. The summed E-state index contributed by atoms with van der Waals surface area (Å²) in [6, 6.07) is 2.50. The van der Waals surface area contributed by atoms with E-state index in [0.717, 1.165) is 45.6 Å². The molecule has 0 bridgehead atoms. The van der Waals surface area contributed by atoms with Gasteiger partial charge < -0.3 is 5.73 Å². The first-order valence-electron chi connectivity index (χ1n) is 7.08. The molecule has 1 aliphatic rings. The first-order valence-corrected chi connectivity index (χ1v) is 9.17. The normalized spacial score (nSPS) is 19.1. The molecule has 2 heterocycles. The Labute approximate surface area is 139 Å². The highest BCUT2D eigenvalue weighted by molar-refractivity contribution is 9.10. The number of nitrogens with zero attached hydrogens (tertiary/aromatic N) is 2. The van der Waals surface area contributed by atoms with E-state index < -0.39 is 0 Å². The van der Waals surface area contributed by atoms with Crippen LogP contribution in [0.1, 0.15) is 24.6 Å². The van der Waals surface area contributed by atoms with E-state index >= 15 is 0 Å². The van der Waals surface area contributed by atoms with Gasteiger partial charge in [0, 0.05) is 47.5 Å². The van der Waals surface area contributed by atoms with Gasteiger partial charge in [0.2, 0.25) is 0 Å². The summed E-state index contributed by atoms with van der Waals surface area (Å²) < 4.78 is 1.19. The van der Waals surface area contributed by atoms with E-state index in [2.05, 4.69) is 44.1 Å². The Morgan fingerprint density at radius 2 is 2.15 bits per heavy atom. The highest BCUT2D eigenvalue weighted by Gasteiger charge is 2.25. The van der Waals surface area contributed by atoms with Crippen molar-refractivity contribution in [3.05, 3.63) is 20.8 Å². The lowest BCUT2D eigenvalue weighted by Crippen LogP contribution is -2.53. The minimum absolute atomic E-state index is 0.285. The fraction of sp³-hybridized carbons (Fsp3) is 0.643. The summed E-state index contributed by atoms with van der Waals surface area (Å²) in [5.74, 6) is 0. The summed E-state index contributed by atoms with van der Waals surface area (Å²) in [6.07, 6.45) is 2.21. The molecule has 112 valence electrons. The van der Waals surface area contributed by atoms with E-state index in [9.17, 15) is 0 Å². The first-order chi connectivity index (χ1) is 9.60. The molecule has 20 heavy (non-hydrogen) atoms. The number of piperazine rings is 1. The maximum absolute atomic E-state index is 5.89. The van der Waals surface area contributed by atoms with Gasteiger partial charge in [-0.2, -0.15) is 0 Å². The summed E-state index contributed by atoms with van der Waals surface area (Å²) in [5, 5.41) is 2.15. The molecule has 1 aromatic heterocycles. The number of thiophene rings is 1. The maximum atomic E-state index is 5.89. The van der Waals surface area contributed by atoms with E-state index in [1.54, 1.807) is 0 Å². The molecule has 0 aromatic carbocycles. The lowest BCUT2D eigenvalue weighted by molar-refractivity contribution is 0.111. The standard InChI is InChI=1S/C14H22BrN3S2/c1-2-3-13(14(16)19)18-6-4-17(5-7-18)9-12-8-11(15)10-20-12/h8,10,13H,2-7,9H2,1H3,(H2,16,19). The van der Waals surface area contributed by atoms with Crippen molar-refractivity contribution in [3.63, 3.8) is 0 Å². The Morgan fingerprint density at radius 1 is 1.45 bits per heavy atom. The number of hydrogen-bond donors (Lipinski definition) is 1. The minimum Gasteiger partial charge on any atom is -0.392 e. The van der Waals surface area contributed by atoms with Gasteiger partial charge >= 0.3 is 0 Å². The molecule has 0 amide bonds. The summed E-state index contributed by atoms with van der Waals surface area (Å²) in [5.41, 5.74) is 5.89. The summed E-state index contributed by atoms with van der Waals surface area (Å²) in [4.78, 5) is 7.04. The van der Waals surface area contributed by atoms with Crippen molar-refractivity contribution in [2.75, 3.05) is 26.2 Å². The van der Waals surface area contributed by atoms with Crippen molar-refractivity contribution >= 4 is 44.5 Å². The van der Waals surface area contributed by atoms with Crippen LogP contribution in [0.5, 0.6) is 0 Å². The van der Waals surface area contributed by atoms with Crippen LogP contribution < -0.4 is 5.73 Å². The second-order valence-corrected chi connectivity index (χ2v) is 7.63. The molecule has 0 saturated carbocycles. The predicted octanol–water partition coefficient (Wildman–Crippen LogP) is 3.08. The van der Waals surface area contributed by atoms with Crippen LogP contribution in [0, 0.1) is 0 Å². The Hall–Kier alpha value is -0.0100. The van der Waals surface area contributed by atoms with Crippen LogP contribution in [0.25, 0.3) is 0 Å². The van der Waals surface area contributed by atoms with Gasteiger partial charge in [0.15, 0.2) is 0 Å². The van der Waals surface area contributed by atoms with Gasteiger partial charge in [0.25, 0.3) is 0 Å². The number of nitrogens with two attached hydrogens (primary N) is 1. The Bertz CT molecular complexity index is 441. The smallest absolute Gasteiger partial charge is 0.0902 e. The largest absolute Gasteiger partial charge is 0.392 e. The molecule has 0 spiro atoms. The van der Waals surface area contributed by atoms with E-state index in [0.29, 0.717) is 4.99 Å². The Balaban J connectivity index is 1.83. The van der Waals surface area contributed by atoms with Crippen LogP contribution in [0.15, 0.2) is 15.9 Å². The van der Waals surface area contributed by atoms with Crippen molar-refractivity contribution in [2.24, 2.45) is 5.73 Å². The molecule has 0 radical (unpaired) electrons. The SMILES string of the molecule is CCCC(C(N)=S)N1CCN(Cc2cc(Br)cs2)CC1. The summed E-state index contributed by atoms with van der Waals surface area (Å²) in [7, 11) is 0. The molecule has 2 N–H and O–H groups in total. The summed E-state index contributed by atoms with van der Waals surface area (Å²) in [6.45, 7) is 7.56. The van der Waals surface area contributed by atoms with Gasteiger partial charge in [-0.05, 0) is 28.4 Å². The Morgan fingerprint density at radius 3 is 2.65 bits per heavy atom. The van der Waals surface area contributed by atoms with Crippen LogP contribution in [-0.2, 0) is 6.54 Å². The van der Waals surface area contributed by atoms with E-state index in [1.165, 1.54) is 9.35 Å². The molecule has 2 rings (SSSR count). The van der Waals surface area contributed by atoms with Crippen molar-refractivity contribution < 1.29 is 0 Å². The molecule has 1 aromatic rings. The van der Waals surface area contributed by atoms with Crippen LogP contribution in [0.3, 0.4) is 0 Å². The van der Waals surface area contributed by atoms with Crippen LogP contribution in [0.2, 0.25) is 0 Å². The van der Waals surface area contributed by atoms with Gasteiger partial charge in [-0.1, -0.05) is 25.6 Å². The lowest BCUT2D eigenvalue weighted by atomic mass is 10.1. The number of hydrogen-bond acceptors (Lipinski definition) is 4. The van der Waals surface area contributed by atoms with Crippen molar-refractivity contribution in [2.45, 2.75) is 32.4 Å². The zero-order valence-corrected chi connectivity index (χ0v) is 15.1. The van der Waals surface area contributed by atoms with Crippen LogP contribution in [-0.4, -0.2) is 47.0 Å². The van der Waals surface area contributed by atoms with Gasteiger partial charge in [-0.25, -0.2) is 0 Å². The van der Waals surface area contributed by atoms with E-state index in [-0.39, 0.29) is 6.04 Å². The van der Waals surface area contributed by atoms with Gasteiger partial charge in [-0.3, -0.25) is 9.80 Å². The van der Waals surface area contributed by atoms with Gasteiger partial charge in [-0.15, -0.1) is 11.3 Å². The van der Waals surface area contributed by atoms with Crippen molar-refractivity contribution in [3.8, 4) is 0 Å². The molecule has 1 atom stereocenters. The number of halogens is 1. The second kappa shape index (κ2) is 7.84. The maximum Gasteiger partial charge on any atom is 0.0902 e. The highest BCUT2D eigenvalue weighted by atomic mass is 79.9. The van der Waals surface area contributed by atoms with Crippen LogP contribution >= 0.6 is 39.5 Å². The topological polar surface area (TPSA) is 32.5 Å². The number of rotatable bonds is 6. The third-order valence-corrected chi connectivity index (χ3v) is 5.69. The highest BCUT2D eigenvalue weighted by Crippen LogP contribution is 2.22.